The lowest BCUT2D eigenvalue weighted by atomic mass is 10.2. The zero-order valence-electron chi connectivity index (χ0n) is 14.6. The third-order valence-corrected chi connectivity index (χ3v) is 5.84. The highest BCUT2D eigenvalue weighted by Gasteiger charge is 2.31. The van der Waals surface area contributed by atoms with Gasteiger partial charge in [-0.05, 0) is 30.9 Å². The fourth-order valence-electron chi connectivity index (χ4n) is 3.03. The van der Waals surface area contributed by atoms with Crippen molar-refractivity contribution in [3.63, 3.8) is 0 Å². The fourth-order valence-corrected chi connectivity index (χ4v) is 4.29. The molecule has 0 unspecified atom stereocenters. The van der Waals surface area contributed by atoms with Crippen molar-refractivity contribution in [1.29, 1.82) is 0 Å². The molecule has 0 radical (unpaired) electrons. The van der Waals surface area contributed by atoms with Crippen LogP contribution in [0.5, 0.6) is 0 Å². The molecule has 0 atom stereocenters. The van der Waals surface area contributed by atoms with E-state index >= 15 is 0 Å². The number of nitrogens with zero attached hydrogens (tertiary/aromatic N) is 2. The summed E-state index contributed by atoms with van der Waals surface area (Å²) in [6.45, 7) is 2.25. The molecule has 3 rings (SSSR count). The average molecular weight is 387 g/mol. The summed E-state index contributed by atoms with van der Waals surface area (Å²) in [5.74, 6) is 0.126. The van der Waals surface area contributed by atoms with E-state index in [0.29, 0.717) is 28.6 Å². The van der Waals surface area contributed by atoms with Crippen LogP contribution in [0.3, 0.4) is 0 Å². The number of thiocarbonyl (C=S) groups is 1. The number of rotatable bonds is 6. The Bertz CT molecular complexity index is 737. The topological polar surface area (TPSA) is 40.6 Å². The highest BCUT2D eigenvalue weighted by molar-refractivity contribution is 8.26. The molecule has 0 aliphatic carbocycles. The molecule has 2 aliphatic heterocycles. The second-order valence-corrected chi connectivity index (χ2v) is 7.99. The number of thioether (sulfide) groups is 1. The summed E-state index contributed by atoms with van der Waals surface area (Å²) < 4.78 is 0.572. The van der Waals surface area contributed by atoms with E-state index in [1.165, 1.54) is 11.8 Å². The minimum atomic E-state index is -0.0636. The normalized spacial score (nSPS) is 19.3. The van der Waals surface area contributed by atoms with Gasteiger partial charge in [-0.1, -0.05) is 66.5 Å². The van der Waals surface area contributed by atoms with E-state index in [1.54, 1.807) is 4.90 Å². The number of likely N-dealkylation sites (tertiary alicyclic amines) is 1. The van der Waals surface area contributed by atoms with Crippen LogP contribution in [0.2, 0.25) is 0 Å². The molecule has 0 aromatic heterocycles. The van der Waals surface area contributed by atoms with Crippen LogP contribution in [0.1, 0.15) is 31.2 Å². The van der Waals surface area contributed by atoms with Crippen molar-refractivity contribution in [2.75, 3.05) is 19.6 Å². The number of allylic oxidation sites excluding steroid dienone is 2. The molecule has 2 aliphatic rings. The molecule has 2 heterocycles. The molecule has 0 spiro atoms. The zero-order valence-corrected chi connectivity index (χ0v) is 16.2. The molecule has 6 heteroatoms. The first-order chi connectivity index (χ1) is 12.6. The largest absolute Gasteiger partial charge is 0.343 e. The average Bonchev–Trinajstić information content (AvgIpc) is 3.27. The Morgan fingerprint density at radius 3 is 2.65 bits per heavy atom. The van der Waals surface area contributed by atoms with E-state index in [4.69, 9.17) is 12.2 Å². The van der Waals surface area contributed by atoms with Crippen LogP contribution in [-0.4, -0.2) is 45.6 Å². The Morgan fingerprint density at radius 1 is 1.19 bits per heavy atom. The number of hydrogen-bond donors (Lipinski definition) is 0. The van der Waals surface area contributed by atoms with E-state index < -0.39 is 0 Å². The van der Waals surface area contributed by atoms with E-state index in [-0.39, 0.29) is 11.8 Å². The summed E-state index contributed by atoms with van der Waals surface area (Å²) >= 11 is 6.66. The molecule has 0 bridgehead atoms. The molecule has 0 N–H and O–H groups in total. The van der Waals surface area contributed by atoms with Gasteiger partial charge in [0.2, 0.25) is 5.91 Å². The second kappa shape index (κ2) is 9.14. The predicted molar refractivity (Wildman–Crippen MR) is 111 cm³/mol. The van der Waals surface area contributed by atoms with Crippen LogP contribution < -0.4 is 0 Å². The van der Waals surface area contributed by atoms with Crippen molar-refractivity contribution >= 4 is 46.2 Å². The SMILES string of the molecule is O=C(CCCN1C(=O)C(=CC=Cc2ccccc2)SC1=S)N1CCCC1. The van der Waals surface area contributed by atoms with Gasteiger partial charge in [-0.25, -0.2) is 0 Å². The summed E-state index contributed by atoms with van der Waals surface area (Å²) in [6, 6.07) is 9.93. The maximum absolute atomic E-state index is 12.5. The molecular formula is C20H22N2O2S2. The number of carbonyl (C=O) groups excluding carboxylic acids is 2. The van der Waals surface area contributed by atoms with Gasteiger partial charge in [0, 0.05) is 26.1 Å². The van der Waals surface area contributed by atoms with Gasteiger partial charge < -0.3 is 4.90 Å². The first kappa shape index (κ1) is 18.9. The molecule has 136 valence electrons. The molecule has 0 saturated carbocycles. The van der Waals surface area contributed by atoms with Gasteiger partial charge >= 0.3 is 0 Å². The number of benzene rings is 1. The molecule has 26 heavy (non-hydrogen) atoms. The summed E-state index contributed by atoms with van der Waals surface area (Å²) in [5.41, 5.74) is 1.08. The minimum absolute atomic E-state index is 0.0636. The van der Waals surface area contributed by atoms with E-state index in [9.17, 15) is 9.59 Å². The first-order valence-corrected chi connectivity index (χ1v) is 10.1. The van der Waals surface area contributed by atoms with Crippen LogP contribution in [0.15, 0.2) is 47.4 Å². The van der Waals surface area contributed by atoms with Crippen molar-refractivity contribution in [2.45, 2.75) is 25.7 Å². The van der Waals surface area contributed by atoms with Crippen molar-refractivity contribution in [1.82, 2.24) is 9.80 Å². The Morgan fingerprint density at radius 2 is 1.92 bits per heavy atom. The number of amides is 2. The van der Waals surface area contributed by atoms with E-state index in [1.807, 2.05) is 53.5 Å². The van der Waals surface area contributed by atoms with Crippen LogP contribution in [-0.2, 0) is 9.59 Å². The smallest absolute Gasteiger partial charge is 0.266 e. The summed E-state index contributed by atoms with van der Waals surface area (Å²) in [7, 11) is 0. The lowest BCUT2D eigenvalue weighted by Crippen LogP contribution is -2.31. The summed E-state index contributed by atoms with van der Waals surface area (Å²) in [5, 5.41) is 0. The fraction of sp³-hybridized carbons (Fsp3) is 0.350. The van der Waals surface area contributed by atoms with Gasteiger partial charge in [-0.3, -0.25) is 14.5 Å². The minimum Gasteiger partial charge on any atom is -0.343 e. The monoisotopic (exact) mass is 386 g/mol. The molecule has 4 nitrogen and oxygen atoms in total. The maximum Gasteiger partial charge on any atom is 0.266 e. The van der Waals surface area contributed by atoms with Crippen LogP contribution in [0, 0.1) is 0 Å². The van der Waals surface area contributed by atoms with Crippen molar-refractivity contribution in [3.05, 3.63) is 53.0 Å². The Labute approximate surface area is 163 Å². The van der Waals surface area contributed by atoms with Crippen molar-refractivity contribution in [3.8, 4) is 0 Å². The molecule has 2 amide bonds. The predicted octanol–water partition coefficient (Wildman–Crippen LogP) is 3.85. The number of carbonyl (C=O) groups is 2. The van der Waals surface area contributed by atoms with Crippen molar-refractivity contribution in [2.24, 2.45) is 0 Å². The summed E-state index contributed by atoms with van der Waals surface area (Å²) in [6.07, 6.45) is 8.96. The van der Waals surface area contributed by atoms with Crippen LogP contribution in [0.4, 0.5) is 0 Å². The number of hydrogen-bond acceptors (Lipinski definition) is 4. The van der Waals surface area contributed by atoms with Gasteiger partial charge in [0.1, 0.15) is 4.32 Å². The highest BCUT2D eigenvalue weighted by Crippen LogP contribution is 2.31. The van der Waals surface area contributed by atoms with Gasteiger partial charge in [-0.15, -0.1) is 0 Å². The van der Waals surface area contributed by atoms with Crippen LogP contribution in [0.25, 0.3) is 6.08 Å². The van der Waals surface area contributed by atoms with Crippen molar-refractivity contribution < 1.29 is 9.59 Å². The van der Waals surface area contributed by atoms with Gasteiger partial charge in [0.25, 0.3) is 5.91 Å². The van der Waals surface area contributed by atoms with Gasteiger partial charge in [0.05, 0.1) is 4.91 Å². The maximum atomic E-state index is 12.5. The first-order valence-electron chi connectivity index (χ1n) is 8.90. The third kappa shape index (κ3) is 4.83. The second-order valence-electron chi connectivity index (χ2n) is 6.32. The highest BCUT2D eigenvalue weighted by atomic mass is 32.2. The lowest BCUT2D eigenvalue weighted by molar-refractivity contribution is -0.130. The Balaban J connectivity index is 1.51. The van der Waals surface area contributed by atoms with E-state index in [0.717, 1.165) is 31.5 Å². The van der Waals surface area contributed by atoms with Gasteiger partial charge in [-0.2, -0.15) is 0 Å². The quantitative estimate of drug-likeness (QED) is 0.550. The standard InChI is InChI=1S/C20H22N2O2S2/c23-18(21-13-4-5-14-21)12-7-15-22-19(24)17(26-20(22)25)11-6-10-16-8-2-1-3-9-16/h1-3,6,8-11H,4-5,7,12-15H2. The molecule has 2 saturated heterocycles. The van der Waals surface area contributed by atoms with E-state index in [2.05, 4.69) is 0 Å². The van der Waals surface area contributed by atoms with Crippen LogP contribution >= 0.6 is 24.0 Å². The zero-order chi connectivity index (χ0) is 18.4. The molecule has 2 fully saturated rings. The molecule has 1 aromatic carbocycles. The lowest BCUT2D eigenvalue weighted by Gasteiger charge is -2.17. The third-order valence-electron chi connectivity index (χ3n) is 4.44. The molecule has 1 aromatic rings. The summed E-state index contributed by atoms with van der Waals surface area (Å²) in [4.78, 5) is 28.8. The molecular weight excluding hydrogens is 364 g/mol. The Kier molecular flexibility index (Phi) is 6.63. The Hall–Kier alpha value is -1.92. The van der Waals surface area contributed by atoms with Gasteiger partial charge in [0.15, 0.2) is 0 Å².